The lowest BCUT2D eigenvalue weighted by atomic mass is 10.1. The molecule has 1 saturated carbocycles. The summed E-state index contributed by atoms with van der Waals surface area (Å²) in [6.07, 6.45) is 3.87. The Balaban J connectivity index is 1.86. The lowest BCUT2D eigenvalue weighted by molar-refractivity contribution is 0.383. The minimum atomic E-state index is -3.47. The van der Waals surface area contributed by atoms with Crippen LogP contribution in [0.3, 0.4) is 0 Å². The van der Waals surface area contributed by atoms with Crippen LogP contribution in [-0.4, -0.2) is 21.5 Å². The second-order valence-corrected chi connectivity index (χ2v) is 6.71. The normalized spacial score (nSPS) is 17.9. The van der Waals surface area contributed by atoms with E-state index < -0.39 is 10.0 Å². The molecule has 5 nitrogen and oxygen atoms in total. The standard InChI is InChI=1S/C12H20N2O3S/c1-9(7-10-3-4-10)14-8-11-5-6-12(17-11)18(15,16)13-2/h5-6,9-10,13-14H,3-4,7-8H2,1-2H3. The van der Waals surface area contributed by atoms with Crippen molar-refractivity contribution in [3.05, 3.63) is 17.9 Å². The molecule has 1 aromatic heterocycles. The first-order valence-corrected chi connectivity index (χ1v) is 7.75. The van der Waals surface area contributed by atoms with E-state index in [1.54, 1.807) is 6.07 Å². The third-order valence-electron chi connectivity index (χ3n) is 3.18. The second-order valence-electron chi connectivity index (χ2n) is 4.89. The summed E-state index contributed by atoms with van der Waals surface area (Å²) >= 11 is 0. The molecule has 1 heterocycles. The second kappa shape index (κ2) is 5.42. The number of hydrogen-bond donors (Lipinski definition) is 2. The Hall–Kier alpha value is -0.850. The zero-order valence-corrected chi connectivity index (χ0v) is 11.6. The number of sulfonamides is 1. The van der Waals surface area contributed by atoms with Crippen LogP contribution in [0.15, 0.2) is 21.6 Å². The van der Waals surface area contributed by atoms with Crippen molar-refractivity contribution in [1.82, 2.24) is 10.0 Å². The Morgan fingerprint density at radius 2 is 2.17 bits per heavy atom. The van der Waals surface area contributed by atoms with E-state index in [1.807, 2.05) is 0 Å². The molecule has 0 spiro atoms. The first kappa shape index (κ1) is 13.6. The monoisotopic (exact) mass is 272 g/mol. The largest absolute Gasteiger partial charge is 0.447 e. The van der Waals surface area contributed by atoms with Gasteiger partial charge in [-0.1, -0.05) is 12.8 Å². The molecular weight excluding hydrogens is 252 g/mol. The quantitative estimate of drug-likeness (QED) is 0.788. The van der Waals surface area contributed by atoms with Crippen molar-refractivity contribution in [1.29, 1.82) is 0 Å². The lowest BCUT2D eigenvalue weighted by Gasteiger charge is -2.11. The Kier molecular flexibility index (Phi) is 4.09. The molecule has 6 heteroatoms. The van der Waals surface area contributed by atoms with Gasteiger partial charge in [0.05, 0.1) is 6.54 Å². The maximum Gasteiger partial charge on any atom is 0.273 e. The van der Waals surface area contributed by atoms with Gasteiger partial charge in [-0.3, -0.25) is 0 Å². The fraction of sp³-hybridized carbons (Fsp3) is 0.667. The van der Waals surface area contributed by atoms with Crippen LogP contribution in [-0.2, 0) is 16.6 Å². The van der Waals surface area contributed by atoms with Crippen LogP contribution in [0.4, 0.5) is 0 Å². The van der Waals surface area contributed by atoms with Crippen molar-refractivity contribution >= 4 is 10.0 Å². The van der Waals surface area contributed by atoms with Gasteiger partial charge in [0, 0.05) is 6.04 Å². The van der Waals surface area contributed by atoms with Gasteiger partial charge < -0.3 is 9.73 Å². The van der Waals surface area contributed by atoms with Crippen LogP contribution in [0.25, 0.3) is 0 Å². The van der Waals surface area contributed by atoms with Gasteiger partial charge in [-0.2, -0.15) is 0 Å². The van der Waals surface area contributed by atoms with E-state index in [-0.39, 0.29) is 5.09 Å². The molecule has 0 amide bonds. The predicted octanol–water partition coefficient (Wildman–Crippen LogP) is 1.47. The van der Waals surface area contributed by atoms with E-state index in [4.69, 9.17) is 4.42 Å². The smallest absolute Gasteiger partial charge is 0.273 e. The van der Waals surface area contributed by atoms with E-state index in [9.17, 15) is 8.42 Å². The van der Waals surface area contributed by atoms with Crippen LogP contribution < -0.4 is 10.0 Å². The highest BCUT2D eigenvalue weighted by Crippen LogP contribution is 2.33. The summed E-state index contributed by atoms with van der Waals surface area (Å²) in [6, 6.07) is 3.61. The van der Waals surface area contributed by atoms with Crippen LogP contribution >= 0.6 is 0 Å². The molecule has 1 unspecified atom stereocenters. The van der Waals surface area contributed by atoms with E-state index in [0.717, 1.165) is 5.92 Å². The number of rotatable bonds is 7. The summed E-state index contributed by atoms with van der Waals surface area (Å²) in [4.78, 5) is 0. The van der Waals surface area contributed by atoms with Crippen LogP contribution in [0.2, 0.25) is 0 Å². The minimum absolute atomic E-state index is 0.0309. The van der Waals surface area contributed by atoms with E-state index in [0.29, 0.717) is 18.3 Å². The Bertz CT molecular complexity index is 491. The highest BCUT2D eigenvalue weighted by atomic mass is 32.2. The summed E-state index contributed by atoms with van der Waals surface area (Å²) < 4.78 is 30.5. The van der Waals surface area contributed by atoms with Crippen LogP contribution in [0, 0.1) is 5.92 Å². The highest BCUT2D eigenvalue weighted by Gasteiger charge is 2.23. The first-order valence-electron chi connectivity index (χ1n) is 6.27. The fourth-order valence-electron chi connectivity index (χ4n) is 1.91. The molecular formula is C12H20N2O3S. The summed E-state index contributed by atoms with van der Waals surface area (Å²) in [6.45, 7) is 2.71. The molecule has 1 fully saturated rings. The molecule has 1 aliphatic carbocycles. The van der Waals surface area contributed by atoms with Gasteiger partial charge in [0.15, 0.2) is 0 Å². The molecule has 0 aliphatic heterocycles. The lowest BCUT2D eigenvalue weighted by Crippen LogP contribution is -2.25. The average Bonchev–Trinajstić information content (AvgIpc) is 3.01. The van der Waals surface area contributed by atoms with Gasteiger partial charge in [-0.15, -0.1) is 0 Å². The molecule has 2 N–H and O–H groups in total. The highest BCUT2D eigenvalue weighted by molar-refractivity contribution is 7.89. The minimum Gasteiger partial charge on any atom is -0.447 e. The number of nitrogens with one attached hydrogen (secondary N) is 2. The Labute approximate surface area is 108 Å². The molecule has 0 bridgehead atoms. The van der Waals surface area contributed by atoms with Gasteiger partial charge >= 0.3 is 0 Å². The van der Waals surface area contributed by atoms with Crippen molar-refractivity contribution in [3.63, 3.8) is 0 Å². The van der Waals surface area contributed by atoms with Gasteiger partial charge in [0.2, 0.25) is 5.09 Å². The molecule has 1 aliphatic rings. The van der Waals surface area contributed by atoms with Crippen molar-refractivity contribution in [3.8, 4) is 0 Å². The molecule has 18 heavy (non-hydrogen) atoms. The van der Waals surface area contributed by atoms with Gasteiger partial charge in [-0.05, 0) is 38.4 Å². The fourth-order valence-corrected chi connectivity index (χ4v) is 2.58. The van der Waals surface area contributed by atoms with Gasteiger partial charge in [-0.25, -0.2) is 13.1 Å². The van der Waals surface area contributed by atoms with E-state index in [2.05, 4.69) is 17.0 Å². The number of hydrogen-bond acceptors (Lipinski definition) is 4. The topological polar surface area (TPSA) is 71.3 Å². The Morgan fingerprint density at radius 1 is 1.44 bits per heavy atom. The van der Waals surface area contributed by atoms with Crippen LogP contribution in [0.1, 0.15) is 31.9 Å². The molecule has 0 saturated heterocycles. The predicted molar refractivity (Wildman–Crippen MR) is 68.6 cm³/mol. The maximum absolute atomic E-state index is 11.5. The summed E-state index contributed by atoms with van der Waals surface area (Å²) in [5, 5.41) is 3.31. The average molecular weight is 272 g/mol. The van der Waals surface area contributed by atoms with E-state index in [1.165, 1.54) is 32.4 Å². The zero-order valence-electron chi connectivity index (χ0n) is 10.8. The molecule has 1 aromatic rings. The zero-order chi connectivity index (χ0) is 13.2. The summed E-state index contributed by atoms with van der Waals surface area (Å²) in [5.41, 5.74) is 0. The first-order chi connectivity index (χ1) is 8.51. The van der Waals surface area contributed by atoms with E-state index >= 15 is 0 Å². The third kappa shape index (κ3) is 3.57. The maximum atomic E-state index is 11.5. The summed E-state index contributed by atoms with van der Waals surface area (Å²) in [5.74, 6) is 1.52. The molecule has 1 atom stereocenters. The summed E-state index contributed by atoms with van der Waals surface area (Å²) in [7, 11) is -2.10. The third-order valence-corrected chi connectivity index (χ3v) is 4.47. The SMILES string of the molecule is CNS(=O)(=O)c1ccc(CNC(C)CC2CC2)o1. The molecule has 0 aromatic carbocycles. The Morgan fingerprint density at radius 3 is 2.78 bits per heavy atom. The molecule has 102 valence electrons. The van der Waals surface area contributed by atoms with Crippen molar-refractivity contribution < 1.29 is 12.8 Å². The van der Waals surface area contributed by atoms with Crippen molar-refractivity contribution in [2.45, 2.75) is 43.9 Å². The van der Waals surface area contributed by atoms with Crippen LogP contribution in [0.5, 0.6) is 0 Å². The molecule has 2 rings (SSSR count). The van der Waals surface area contributed by atoms with Gasteiger partial charge in [0.25, 0.3) is 10.0 Å². The van der Waals surface area contributed by atoms with Crippen molar-refractivity contribution in [2.75, 3.05) is 7.05 Å². The number of furan rings is 1. The van der Waals surface area contributed by atoms with Gasteiger partial charge in [0.1, 0.15) is 5.76 Å². The molecule has 0 radical (unpaired) electrons. The van der Waals surface area contributed by atoms with Crippen molar-refractivity contribution in [2.24, 2.45) is 5.92 Å².